The van der Waals surface area contributed by atoms with E-state index in [9.17, 15) is 13.6 Å². The van der Waals surface area contributed by atoms with E-state index in [2.05, 4.69) is 10.5 Å². The Morgan fingerprint density at radius 3 is 2.70 bits per heavy atom. The number of halogens is 2. The highest BCUT2D eigenvalue weighted by atomic mass is 19.1. The minimum atomic E-state index is -0.828. The monoisotopic (exact) mass is 372 g/mol. The fraction of sp³-hybridized carbons (Fsp3) is 0.200. The molecule has 1 heterocycles. The minimum Gasteiger partial charge on any atom is -0.486 e. The Bertz CT molecular complexity index is 999. The van der Waals surface area contributed by atoms with Crippen molar-refractivity contribution >= 4 is 11.6 Å². The van der Waals surface area contributed by atoms with Crippen molar-refractivity contribution in [1.29, 1.82) is 0 Å². The van der Waals surface area contributed by atoms with Crippen LogP contribution in [0.1, 0.15) is 32.9 Å². The third kappa shape index (κ3) is 3.97. The molecule has 0 unspecified atom stereocenters. The predicted molar refractivity (Wildman–Crippen MR) is 95.8 cm³/mol. The zero-order valence-corrected chi connectivity index (χ0v) is 15.1. The van der Waals surface area contributed by atoms with E-state index in [1.54, 1.807) is 13.0 Å². The summed E-state index contributed by atoms with van der Waals surface area (Å²) in [6.45, 7) is 5.33. The second-order valence-corrected chi connectivity index (χ2v) is 6.13. The molecule has 7 heteroatoms. The van der Waals surface area contributed by atoms with E-state index >= 15 is 0 Å². The zero-order chi connectivity index (χ0) is 19.6. The van der Waals surface area contributed by atoms with Crippen molar-refractivity contribution in [2.45, 2.75) is 27.4 Å². The number of anilines is 1. The van der Waals surface area contributed by atoms with Crippen molar-refractivity contribution in [3.05, 3.63) is 76.2 Å². The second kappa shape index (κ2) is 7.57. The van der Waals surface area contributed by atoms with Crippen LogP contribution in [0, 0.1) is 32.4 Å². The van der Waals surface area contributed by atoms with Gasteiger partial charge in [0.15, 0.2) is 17.3 Å². The number of ether oxygens (including phenoxy) is 1. The van der Waals surface area contributed by atoms with Crippen LogP contribution >= 0.6 is 0 Å². The lowest BCUT2D eigenvalue weighted by molar-refractivity contribution is 0.101. The molecule has 140 valence electrons. The summed E-state index contributed by atoms with van der Waals surface area (Å²) in [5.74, 6) is -1.74. The number of aryl methyl sites for hydroxylation is 2. The number of carbonyl (C=O) groups excluding carboxylic acids is 1. The molecule has 1 aromatic heterocycles. The van der Waals surface area contributed by atoms with Gasteiger partial charge in [-0.2, -0.15) is 0 Å². The maximum absolute atomic E-state index is 13.7. The Balaban J connectivity index is 1.79. The van der Waals surface area contributed by atoms with Gasteiger partial charge in [0.1, 0.15) is 18.2 Å². The zero-order valence-electron chi connectivity index (χ0n) is 15.1. The minimum absolute atomic E-state index is 0.0518. The summed E-state index contributed by atoms with van der Waals surface area (Å²) in [5, 5.41) is 6.59. The molecule has 1 N–H and O–H groups in total. The quantitative estimate of drug-likeness (QED) is 0.704. The number of nitrogens with zero attached hydrogens (tertiary/aromatic N) is 1. The Morgan fingerprint density at radius 1 is 1.19 bits per heavy atom. The lowest BCUT2D eigenvalue weighted by Crippen LogP contribution is -2.16. The first-order chi connectivity index (χ1) is 12.9. The van der Waals surface area contributed by atoms with Crippen molar-refractivity contribution in [3.8, 4) is 5.75 Å². The molecule has 3 aromatic rings. The summed E-state index contributed by atoms with van der Waals surface area (Å²) in [6, 6.07) is 8.58. The highest BCUT2D eigenvalue weighted by Crippen LogP contribution is 2.23. The van der Waals surface area contributed by atoms with Crippen molar-refractivity contribution in [2.75, 3.05) is 5.32 Å². The van der Waals surface area contributed by atoms with Gasteiger partial charge < -0.3 is 14.6 Å². The maximum atomic E-state index is 13.7. The van der Waals surface area contributed by atoms with Crippen LogP contribution in [0.3, 0.4) is 0 Å². The highest BCUT2D eigenvalue weighted by Gasteiger charge is 2.21. The summed E-state index contributed by atoms with van der Waals surface area (Å²) >= 11 is 0. The Labute approximate surface area is 154 Å². The van der Waals surface area contributed by atoms with Crippen molar-refractivity contribution in [3.63, 3.8) is 0 Å². The van der Waals surface area contributed by atoms with Crippen molar-refractivity contribution in [1.82, 2.24) is 5.16 Å². The van der Waals surface area contributed by atoms with E-state index in [1.165, 1.54) is 6.07 Å². The van der Waals surface area contributed by atoms with E-state index < -0.39 is 17.5 Å². The molecule has 0 spiro atoms. The van der Waals surface area contributed by atoms with Crippen LogP contribution in [0.2, 0.25) is 0 Å². The van der Waals surface area contributed by atoms with Crippen LogP contribution < -0.4 is 10.1 Å². The van der Waals surface area contributed by atoms with Gasteiger partial charge >= 0.3 is 0 Å². The molecule has 1 amide bonds. The standard InChI is InChI=1S/C20H18F2N2O3/c1-11-5-4-6-17(12(11)2)23-20(25)19-15(13(3)27-24-19)10-26-18-8-7-14(21)9-16(18)22/h4-9H,10H2,1-3H3,(H,23,25). The van der Waals surface area contributed by atoms with Crippen LogP contribution in [0.15, 0.2) is 40.9 Å². The number of hydrogen-bond donors (Lipinski definition) is 1. The molecule has 27 heavy (non-hydrogen) atoms. The fourth-order valence-electron chi connectivity index (χ4n) is 2.55. The molecule has 0 radical (unpaired) electrons. The first-order valence-corrected chi connectivity index (χ1v) is 8.27. The molecule has 0 fully saturated rings. The van der Waals surface area contributed by atoms with Gasteiger partial charge in [-0.05, 0) is 50.1 Å². The summed E-state index contributed by atoms with van der Waals surface area (Å²) in [4.78, 5) is 12.6. The molecule has 2 aromatic carbocycles. The Hall–Kier alpha value is -3.22. The maximum Gasteiger partial charge on any atom is 0.278 e. The number of nitrogens with one attached hydrogen (secondary N) is 1. The summed E-state index contributed by atoms with van der Waals surface area (Å²) in [6.07, 6.45) is 0. The molecular formula is C20H18F2N2O3. The first kappa shape index (κ1) is 18.6. The molecule has 5 nitrogen and oxygen atoms in total. The lowest BCUT2D eigenvalue weighted by Gasteiger charge is -2.10. The van der Waals surface area contributed by atoms with Gasteiger partial charge in [0, 0.05) is 11.8 Å². The third-order valence-electron chi connectivity index (χ3n) is 4.32. The van der Waals surface area contributed by atoms with Crippen LogP contribution in [0.5, 0.6) is 5.75 Å². The van der Waals surface area contributed by atoms with Crippen molar-refractivity contribution < 1.29 is 22.8 Å². The topological polar surface area (TPSA) is 64.4 Å². The van der Waals surface area contributed by atoms with E-state index in [4.69, 9.17) is 9.26 Å². The average molecular weight is 372 g/mol. The number of aromatic nitrogens is 1. The SMILES string of the molecule is Cc1cccc(NC(=O)c2noc(C)c2COc2ccc(F)cc2F)c1C. The van der Waals surface area contributed by atoms with E-state index in [0.29, 0.717) is 17.0 Å². The Morgan fingerprint density at radius 2 is 1.96 bits per heavy atom. The molecule has 0 saturated carbocycles. The van der Waals surface area contributed by atoms with E-state index in [0.717, 1.165) is 23.3 Å². The number of carbonyl (C=O) groups is 1. The molecule has 0 saturated heterocycles. The molecule has 0 bridgehead atoms. The van der Waals surface area contributed by atoms with Gasteiger partial charge in [0.05, 0.1) is 5.56 Å². The van der Waals surface area contributed by atoms with Crippen LogP contribution in [-0.4, -0.2) is 11.1 Å². The lowest BCUT2D eigenvalue weighted by atomic mass is 10.1. The summed E-state index contributed by atoms with van der Waals surface area (Å²) < 4.78 is 37.2. The largest absolute Gasteiger partial charge is 0.486 e. The number of hydrogen-bond acceptors (Lipinski definition) is 4. The van der Waals surface area contributed by atoms with E-state index in [1.807, 2.05) is 26.0 Å². The molecule has 0 aliphatic rings. The normalized spacial score (nSPS) is 10.7. The molecule has 3 rings (SSSR count). The molecular weight excluding hydrogens is 354 g/mol. The molecule has 0 aliphatic carbocycles. The number of rotatable bonds is 5. The van der Waals surface area contributed by atoms with Crippen LogP contribution in [-0.2, 0) is 6.61 Å². The van der Waals surface area contributed by atoms with Gasteiger partial charge in [0.2, 0.25) is 0 Å². The third-order valence-corrected chi connectivity index (χ3v) is 4.32. The Kier molecular flexibility index (Phi) is 5.21. The number of benzene rings is 2. The summed E-state index contributed by atoms with van der Waals surface area (Å²) in [7, 11) is 0. The van der Waals surface area contributed by atoms with Gasteiger partial charge in [-0.1, -0.05) is 17.3 Å². The predicted octanol–water partition coefficient (Wildman–Crippen LogP) is 4.71. The smallest absolute Gasteiger partial charge is 0.278 e. The van der Waals surface area contributed by atoms with Crippen molar-refractivity contribution in [2.24, 2.45) is 0 Å². The van der Waals surface area contributed by atoms with Gasteiger partial charge in [0.25, 0.3) is 5.91 Å². The van der Waals surface area contributed by atoms with Crippen LogP contribution in [0.4, 0.5) is 14.5 Å². The first-order valence-electron chi connectivity index (χ1n) is 8.27. The number of amides is 1. The van der Waals surface area contributed by atoms with Gasteiger partial charge in [-0.25, -0.2) is 8.78 Å². The fourth-order valence-corrected chi connectivity index (χ4v) is 2.55. The van der Waals surface area contributed by atoms with Gasteiger partial charge in [-0.15, -0.1) is 0 Å². The van der Waals surface area contributed by atoms with Gasteiger partial charge in [-0.3, -0.25) is 4.79 Å². The second-order valence-electron chi connectivity index (χ2n) is 6.13. The molecule has 0 aliphatic heterocycles. The molecule has 0 atom stereocenters. The van der Waals surface area contributed by atoms with Crippen LogP contribution in [0.25, 0.3) is 0 Å². The van der Waals surface area contributed by atoms with E-state index in [-0.39, 0.29) is 18.1 Å². The average Bonchev–Trinajstić information content (AvgIpc) is 2.99. The summed E-state index contributed by atoms with van der Waals surface area (Å²) in [5.41, 5.74) is 3.09. The highest BCUT2D eigenvalue weighted by molar-refractivity contribution is 6.04.